The Bertz CT molecular complexity index is 901. The molecule has 0 radical (unpaired) electrons. The van der Waals surface area contributed by atoms with Crippen molar-refractivity contribution in [3.8, 4) is 0 Å². The number of pyridine rings is 1. The third kappa shape index (κ3) is 4.15. The molecule has 0 unspecified atom stereocenters. The van der Waals surface area contributed by atoms with Crippen LogP contribution in [0.4, 0.5) is 5.69 Å². The third-order valence-corrected chi connectivity index (χ3v) is 3.84. The van der Waals surface area contributed by atoms with Crippen molar-refractivity contribution >= 4 is 28.6 Å². The smallest absolute Gasteiger partial charge is 0.255 e. The molecule has 8 heteroatoms. The van der Waals surface area contributed by atoms with Crippen LogP contribution in [0.15, 0.2) is 42.7 Å². The van der Waals surface area contributed by atoms with E-state index in [1.54, 1.807) is 30.6 Å². The Kier molecular flexibility index (Phi) is 5.43. The van der Waals surface area contributed by atoms with Crippen molar-refractivity contribution in [2.45, 2.75) is 19.9 Å². The fourth-order valence-electron chi connectivity index (χ4n) is 2.43. The van der Waals surface area contributed by atoms with Gasteiger partial charge in [-0.05, 0) is 30.2 Å². The summed E-state index contributed by atoms with van der Waals surface area (Å²) in [7, 11) is 0. The van der Waals surface area contributed by atoms with Crippen molar-refractivity contribution in [2.75, 3.05) is 11.9 Å². The van der Waals surface area contributed by atoms with Crippen molar-refractivity contribution in [1.29, 1.82) is 5.41 Å². The van der Waals surface area contributed by atoms with Gasteiger partial charge >= 0.3 is 0 Å². The quantitative estimate of drug-likeness (QED) is 0.345. The van der Waals surface area contributed by atoms with Crippen LogP contribution in [0, 0.1) is 5.41 Å². The first-order valence-electron chi connectivity index (χ1n) is 8.42. The largest absolute Gasteiger partial charge is 0.357 e. The molecule has 0 atom stereocenters. The van der Waals surface area contributed by atoms with Crippen molar-refractivity contribution in [3.05, 3.63) is 53.9 Å². The van der Waals surface area contributed by atoms with Crippen LogP contribution in [0.25, 0.3) is 11.0 Å². The molecule has 3 rings (SSSR count). The number of aromatic amines is 1. The van der Waals surface area contributed by atoms with E-state index < -0.39 is 0 Å². The fourth-order valence-corrected chi connectivity index (χ4v) is 2.43. The summed E-state index contributed by atoms with van der Waals surface area (Å²) in [6, 6.07) is 9.01. The van der Waals surface area contributed by atoms with Crippen LogP contribution in [0.2, 0.25) is 0 Å². The van der Waals surface area contributed by atoms with Gasteiger partial charge in [0.05, 0.1) is 17.3 Å². The standard InChI is InChI=1S/C18H21N7O/c1-2-8-21-18(19)22-10-12-3-5-13(6-4-12)17(26)24-15-7-9-20-16-14(15)11-23-25-16/h3-7,9,11H,2,8,10H2,1H3,(H3,19,21,22)(H2,20,23,24,25,26). The maximum atomic E-state index is 12.5. The lowest BCUT2D eigenvalue weighted by atomic mass is 10.1. The van der Waals surface area contributed by atoms with Crippen molar-refractivity contribution < 1.29 is 4.79 Å². The third-order valence-electron chi connectivity index (χ3n) is 3.84. The first kappa shape index (κ1) is 17.4. The molecule has 0 aliphatic rings. The van der Waals surface area contributed by atoms with Crippen LogP contribution in [0.5, 0.6) is 0 Å². The summed E-state index contributed by atoms with van der Waals surface area (Å²) in [6.45, 7) is 3.34. The minimum absolute atomic E-state index is 0.199. The second-order valence-corrected chi connectivity index (χ2v) is 5.80. The van der Waals surface area contributed by atoms with E-state index in [4.69, 9.17) is 5.41 Å². The highest BCUT2D eigenvalue weighted by atomic mass is 16.1. The molecule has 1 aromatic carbocycles. The highest BCUT2D eigenvalue weighted by Gasteiger charge is 2.10. The molecule has 26 heavy (non-hydrogen) atoms. The summed E-state index contributed by atoms with van der Waals surface area (Å²) in [6.07, 6.45) is 4.22. The molecule has 0 aliphatic carbocycles. The average molecular weight is 351 g/mol. The van der Waals surface area contributed by atoms with E-state index in [1.807, 2.05) is 19.1 Å². The number of amides is 1. The maximum absolute atomic E-state index is 12.5. The number of anilines is 1. The van der Waals surface area contributed by atoms with E-state index in [9.17, 15) is 4.79 Å². The summed E-state index contributed by atoms with van der Waals surface area (Å²) in [4.78, 5) is 16.6. The highest BCUT2D eigenvalue weighted by molar-refractivity contribution is 6.08. The number of carbonyl (C=O) groups is 1. The Hall–Kier alpha value is -3.42. The molecular weight excluding hydrogens is 330 g/mol. The molecule has 134 valence electrons. The van der Waals surface area contributed by atoms with Gasteiger partial charge in [0.25, 0.3) is 5.91 Å². The highest BCUT2D eigenvalue weighted by Crippen LogP contribution is 2.19. The molecule has 0 spiro atoms. The van der Waals surface area contributed by atoms with Gasteiger partial charge < -0.3 is 16.0 Å². The second-order valence-electron chi connectivity index (χ2n) is 5.80. The number of hydrogen-bond donors (Lipinski definition) is 5. The average Bonchev–Trinajstić information content (AvgIpc) is 3.15. The van der Waals surface area contributed by atoms with Gasteiger partial charge in [-0.1, -0.05) is 19.1 Å². The minimum atomic E-state index is -0.199. The number of nitrogens with one attached hydrogen (secondary N) is 5. The lowest BCUT2D eigenvalue weighted by molar-refractivity contribution is 0.102. The Balaban J connectivity index is 1.60. The Labute approximate surface area is 150 Å². The monoisotopic (exact) mass is 351 g/mol. The van der Waals surface area contributed by atoms with Crippen LogP contribution in [-0.4, -0.2) is 33.6 Å². The van der Waals surface area contributed by atoms with Gasteiger partial charge in [0.1, 0.15) is 0 Å². The van der Waals surface area contributed by atoms with Gasteiger partial charge in [-0.25, -0.2) is 4.98 Å². The van der Waals surface area contributed by atoms with Crippen molar-refractivity contribution in [1.82, 2.24) is 25.8 Å². The number of rotatable bonds is 6. The summed E-state index contributed by atoms with van der Waals surface area (Å²) < 4.78 is 0. The molecule has 3 aromatic rings. The minimum Gasteiger partial charge on any atom is -0.357 e. The van der Waals surface area contributed by atoms with Gasteiger partial charge in [-0.15, -0.1) is 0 Å². The van der Waals surface area contributed by atoms with Gasteiger partial charge in [0.2, 0.25) is 0 Å². The first-order valence-corrected chi connectivity index (χ1v) is 8.42. The Morgan fingerprint density at radius 2 is 2.00 bits per heavy atom. The zero-order valence-corrected chi connectivity index (χ0v) is 14.5. The Morgan fingerprint density at radius 3 is 2.77 bits per heavy atom. The molecular formula is C18H21N7O. The molecule has 1 amide bonds. The molecule has 8 nitrogen and oxygen atoms in total. The van der Waals surface area contributed by atoms with E-state index in [1.165, 1.54) is 0 Å². The molecule has 0 fully saturated rings. The molecule has 0 bridgehead atoms. The normalized spacial score (nSPS) is 10.5. The maximum Gasteiger partial charge on any atom is 0.255 e. The summed E-state index contributed by atoms with van der Waals surface area (Å²) >= 11 is 0. The lowest BCUT2D eigenvalue weighted by Gasteiger charge is -2.10. The van der Waals surface area contributed by atoms with E-state index in [2.05, 4.69) is 31.1 Å². The molecule has 0 saturated carbocycles. The van der Waals surface area contributed by atoms with E-state index >= 15 is 0 Å². The first-order chi connectivity index (χ1) is 12.7. The van der Waals surface area contributed by atoms with Crippen LogP contribution in [-0.2, 0) is 6.54 Å². The topological polar surface area (TPSA) is 119 Å². The SMILES string of the molecule is CCCNC(=N)NCc1ccc(C(=O)Nc2ccnc3[nH]ncc23)cc1. The van der Waals surface area contributed by atoms with Crippen LogP contribution in [0.1, 0.15) is 29.3 Å². The summed E-state index contributed by atoms with van der Waals surface area (Å²) in [5, 5.41) is 24.0. The summed E-state index contributed by atoms with van der Waals surface area (Å²) in [5.41, 5.74) is 2.84. The van der Waals surface area contributed by atoms with E-state index in [0.717, 1.165) is 23.9 Å². The van der Waals surface area contributed by atoms with Gasteiger partial charge in [0.15, 0.2) is 11.6 Å². The fraction of sp³-hybridized carbons (Fsp3) is 0.222. The predicted molar refractivity (Wildman–Crippen MR) is 101 cm³/mol. The molecule has 0 aliphatic heterocycles. The number of carbonyl (C=O) groups excluding carboxylic acids is 1. The molecule has 2 aromatic heterocycles. The van der Waals surface area contributed by atoms with Gasteiger partial charge in [-0.2, -0.15) is 5.10 Å². The number of nitrogens with zero attached hydrogens (tertiary/aromatic N) is 2. The predicted octanol–water partition coefficient (Wildman–Crippen LogP) is 2.23. The molecule has 5 N–H and O–H groups in total. The van der Waals surface area contributed by atoms with Crippen LogP contribution < -0.4 is 16.0 Å². The van der Waals surface area contributed by atoms with Crippen LogP contribution in [0.3, 0.4) is 0 Å². The van der Waals surface area contributed by atoms with Crippen molar-refractivity contribution in [2.24, 2.45) is 0 Å². The van der Waals surface area contributed by atoms with Crippen molar-refractivity contribution in [3.63, 3.8) is 0 Å². The van der Waals surface area contributed by atoms with Crippen LogP contribution >= 0.6 is 0 Å². The summed E-state index contributed by atoms with van der Waals surface area (Å²) in [5.74, 6) is 0.103. The Morgan fingerprint density at radius 1 is 1.19 bits per heavy atom. The number of H-pyrrole nitrogens is 1. The molecule has 2 heterocycles. The van der Waals surface area contributed by atoms with E-state index in [0.29, 0.717) is 29.4 Å². The van der Waals surface area contributed by atoms with Gasteiger partial charge in [-0.3, -0.25) is 15.3 Å². The zero-order valence-electron chi connectivity index (χ0n) is 14.5. The zero-order chi connectivity index (χ0) is 18.4. The number of aromatic nitrogens is 3. The van der Waals surface area contributed by atoms with E-state index in [-0.39, 0.29) is 5.91 Å². The van der Waals surface area contributed by atoms with Gasteiger partial charge in [0, 0.05) is 24.8 Å². The second kappa shape index (κ2) is 8.11. The number of fused-ring (bicyclic) bond motifs is 1. The molecule has 0 saturated heterocycles. The number of benzene rings is 1. The number of hydrogen-bond acceptors (Lipinski definition) is 4. The number of guanidine groups is 1. The lowest BCUT2D eigenvalue weighted by Crippen LogP contribution is -2.36.